The molecule has 0 saturated heterocycles. The third-order valence-electron chi connectivity index (χ3n) is 3.48. The summed E-state index contributed by atoms with van der Waals surface area (Å²) in [7, 11) is 0. The fourth-order valence-corrected chi connectivity index (χ4v) is 2.27. The van der Waals surface area contributed by atoms with E-state index in [0.717, 1.165) is 36.2 Å². The Morgan fingerprint density at radius 2 is 2.15 bits per heavy atom. The summed E-state index contributed by atoms with van der Waals surface area (Å²) in [5.74, 6) is 0.0135. The topological polar surface area (TPSA) is 50.2 Å². The van der Waals surface area contributed by atoms with E-state index >= 15 is 0 Å². The first-order valence-electron chi connectivity index (χ1n) is 7.20. The van der Waals surface area contributed by atoms with Crippen LogP contribution in [0, 0.1) is 6.92 Å². The predicted molar refractivity (Wildman–Crippen MR) is 84.8 cm³/mol. The molecule has 0 aliphatic rings. The van der Waals surface area contributed by atoms with Crippen molar-refractivity contribution >= 4 is 21.8 Å². The highest BCUT2D eigenvalue weighted by Crippen LogP contribution is 2.16. The number of halogens is 1. The van der Waals surface area contributed by atoms with Crippen molar-refractivity contribution in [2.75, 3.05) is 26.2 Å². The number of rotatable bonds is 8. The molecule has 0 aliphatic carbocycles. The monoisotopic (exact) mass is 344 g/mol. The van der Waals surface area contributed by atoms with Gasteiger partial charge in [-0.2, -0.15) is 5.10 Å². The van der Waals surface area contributed by atoms with Gasteiger partial charge in [0, 0.05) is 12.7 Å². The first-order valence-corrected chi connectivity index (χ1v) is 8.00. The number of aromatic nitrogens is 2. The number of aryl methyl sites for hydroxylation is 1. The molecule has 0 saturated carbocycles. The van der Waals surface area contributed by atoms with E-state index in [-0.39, 0.29) is 11.9 Å². The fourth-order valence-electron chi connectivity index (χ4n) is 1.98. The number of nitrogens with one attached hydrogen (secondary N) is 1. The van der Waals surface area contributed by atoms with Gasteiger partial charge in [0.25, 0.3) is 0 Å². The second-order valence-electron chi connectivity index (χ2n) is 4.89. The average Bonchev–Trinajstić information content (AvgIpc) is 2.77. The summed E-state index contributed by atoms with van der Waals surface area (Å²) in [4.78, 5) is 14.4. The zero-order valence-electron chi connectivity index (χ0n) is 12.8. The summed E-state index contributed by atoms with van der Waals surface area (Å²) in [6, 6.07) is -0.284. The molecule has 1 amide bonds. The molecule has 1 heterocycles. The van der Waals surface area contributed by atoms with Crippen molar-refractivity contribution in [3.63, 3.8) is 0 Å². The zero-order valence-corrected chi connectivity index (χ0v) is 14.4. The van der Waals surface area contributed by atoms with E-state index in [9.17, 15) is 4.79 Å². The summed E-state index contributed by atoms with van der Waals surface area (Å²) < 4.78 is 2.62. The molecule has 1 aromatic rings. The fraction of sp³-hybridized carbons (Fsp3) is 0.714. The van der Waals surface area contributed by atoms with Crippen LogP contribution in [0.5, 0.6) is 0 Å². The van der Waals surface area contributed by atoms with Gasteiger partial charge < -0.3 is 10.2 Å². The zero-order chi connectivity index (χ0) is 15.1. The Morgan fingerprint density at radius 1 is 1.50 bits per heavy atom. The molecule has 5 nitrogen and oxygen atoms in total. The minimum absolute atomic E-state index is 0.0135. The van der Waals surface area contributed by atoms with Crippen LogP contribution in [0.25, 0.3) is 0 Å². The van der Waals surface area contributed by atoms with Gasteiger partial charge >= 0.3 is 0 Å². The van der Waals surface area contributed by atoms with Crippen molar-refractivity contribution in [2.24, 2.45) is 0 Å². The summed E-state index contributed by atoms with van der Waals surface area (Å²) >= 11 is 3.41. The van der Waals surface area contributed by atoms with Crippen molar-refractivity contribution in [1.82, 2.24) is 20.0 Å². The van der Waals surface area contributed by atoms with E-state index in [1.54, 1.807) is 4.68 Å². The van der Waals surface area contributed by atoms with E-state index in [2.05, 4.69) is 45.1 Å². The van der Waals surface area contributed by atoms with Crippen LogP contribution < -0.4 is 5.32 Å². The molecule has 0 aliphatic heterocycles. The van der Waals surface area contributed by atoms with Crippen molar-refractivity contribution in [2.45, 2.75) is 40.2 Å². The van der Waals surface area contributed by atoms with Gasteiger partial charge in [-0.25, -0.2) is 0 Å². The second kappa shape index (κ2) is 8.42. The molecule has 1 aromatic heterocycles. The van der Waals surface area contributed by atoms with Gasteiger partial charge in [-0.15, -0.1) is 0 Å². The smallest absolute Gasteiger partial charge is 0.244 e. The SMILES string of the molecule is CCN(CC)CCCNC(=O)C(C)n1cc(Br)c(C)n1. The molecule has 114 valence electrons. The van der Waals surface area contributed by atoms with Crippen LogP contribution in [0.15, 0.2) is 10.7 Å². The first-order chi connectivity index (χ1) is 9.49. The third-order valence-corrected chi connectivity index (χ3v) is 4.26. The van der Waals surface area contributed by atoms with Gasteiger partial charge in [0.15, 0.2) is 0 Å². The molecule has 1 N–H and O–H groups in total. The quantitative estimate of drug-likeness (QED) is 0.736. The van der Waals surface area contributed by atoms with Crippen molar-refractivity contribution in [1.29, 1.82) is 0 Å². The largest absolute Gasteiger partial charge is 0.354 e. The van der Waals surface area contributed by atoms with Gasteiger partial charge in [0.1, 0.15) is 6.04 Å². The Bertz CT molecular complexity index is 409. The highest BCUT2D eigenvalue weighted by Gasteiger charge is 2.16. The van der Waals surface area contributed by atoms with Crippen LogP contribution in [-0.2, 0) is 4.79 Å². The van der Waals surface area contributed by atoms with Crippen LogP contribution in [0.2, 0.25) is 0 Å². The van der Waals surface area contributed by atoms with E-state index in [1.807, 2.05) is 20.0 Å². The molecule has 1 rings (SSSR count). The lowest BCUT2D eigenvalue weighted by Crippen LogP contribution is -2.34. The average molecular weight is 345 g/mol. The van der Waals surface area contributed by atoms with Gasteiger partial charge in [0.2, 0.25) is 5.91 Å². The summed E-state index contributed by atoms with van der Waals surface area (Å²) in [6.45, 7) is 11.9. The van der Waals surface area contributed by atoms with Crippen LogP contribution in [0.1, 0.15) is 38.9 Å². The normalized spacial score (nSPS) is 12.7. The van der Waals surface area contributed by atoms with Crippen LogP contribution in [0.4, 0.5) is 0 Å². The Labute approximate surface area is 129 Å². The first kappa shape index (κ1) is 17.2. The minimum Gasteiger partial charge on any atom is -0.354 e. The molecule has 1 unspecified atom stereocenters. The summed E-state index contributed by atoms with van der Waals surface area (Å²) in [6.07, 6.45) is 2.82. The summed E-state index contributed by atoms with van der Waals surface area (Å²) in [5, 5.41) is 7.29. The van der Waals surface area contributed by atoms with Crippen LogP contribution in [-0.4, -0.2) is 46.8 Å². The highest BCUT2D eigenvalue weighted by molar-refractivity contribution is 9.10. The van der Waals surface area contributed by atoms with Crippen LogP contribution in [0.3, 0.4) is 0 Å². The number of carbonyl (C=O) groups is 1. The van der Waals surface area contributed by atoms with E-state index < -0.39 is 0 Å². The standard InChI is InChI=1S/C14H25BrN4O/c1-5-18(6-2)9-7-8-16-14(20)12(4)19-10-13(15)11(3)17-19/h10,12H,5-9H2,1-4H3,(H,16,20). The van der Waals surface area contributed by atoms with Crippen molar-refractivity contribution in [3.8, 4) is 0 Å². The molecule has 0 bridgehead atoms. The Morgan fingerprint density at radius 3 is 2.65 bits per heavy atom. The molecular weight excluding hydrogens is 320 g/mol. The Balaban J connectivity index is 2.35. The third kappa shape index (κ3) is 4.90. The number of nitrogens with zero attached hydrogens (tertiary/aromatic N) is 3. The molecule has 6 heteroatoms. The number of hydrogen-bond donors (Lipinski definition) is 1. The molecule has 0 spiro atoms. The van der Waals surface area contributed by atoms with Gasteiger partial charge in [-0.1, -0.05) is 13.8 Å². The van der Waals surface area contributed by atoms with Gasteiger partial charge in [-0.05, 0) is 55.8 Å². The molecule has 20 heavy (non-hydrogen) atoms. The van der Waals surface area contributed by atoms with Gasteiger partial charge in [0.05, 0.1) is 10.2 Å². The lowest BCUT2D eigenvalue weighted by atomic mass is 10.3. The van der Waals surface area contributed by atoms with Gasteiger partial charge in [-0.3, -0.25) is 9.48 Å². The maximum atomic E-state index is 12.0. The number of hydrogen-bond acceptors (Lipinski definition) is 3. The van der Waals surface area contributed by atoms with Crippen molar-refractivity contribution < 1.29 is 4.79 Å². The summed E-state index contributed by atoms with van der Waals surface area (Å²) in [5.41, 5.74) is 0.895. The highest BCUT2D eigenvalue weighted by atomic mass is 79.9. The second-order valence-corrected chi connectivity index (χ2v) is 5.74. The maximum Gasteiger partial charge on any atom is 0.244 e. The Hall–Kier alpha value is -0.880. The number of amides is 1. The van der Waals surface area contributed by atoms with Crippen LogP contribution >= 0.6 is 15.9 Å². The lowest BCUT2D eigenvalue weighted by molar-refractivity contribution is -0.124. The number of carbonyl (C=O) groups excluding carboxylic acids is 1. The maximum absolute atomic E-state index is 12.0. The van der Waals surface area contributed by atoms with Crippen molar-refractivity contribution in [3.05, 3.63) is 16.4 Å². The van der Waals surface area contributed by atoms with E-state index in [0.29, 0.717) is 6.54 Å². The predicted octanol–water partition coefficient (Wildman–Crippen LogP) is 2.36. The lowest BCUT2D eigenvalue weighted by Gasteiger charge is -2.18. The molecule has 1 atom stereocenters. The molecular formula is C14H25BrN4O. The van der Waals surface area contributed by atoms with E-state index in [1.165, 1.54) is 0 Å². The Kier molecular flexibility index (Phi) is 7.23. The minimum atomic E-state index is -0.284. The van der Waals surface area contributed by atoms with E-state index in [4.69, 9.17) is 0 Å². The molecule has 0 aromatic carbocycles. The molecule has 0 fully saturated rings. The molecule has 0 radical (unpaired) electrons.